The zero-order chi connectivity index (χ0) is 16.4. The summed E-state index contributed by atoms with van der Waals surface area (Å²) in [6.07, 6.45) is 7.40. The van der Waals surface area contributed by atoms with Gasteiger partial charge in [-0.05, 0) is 56.9 Å². The van der Waals surface area contributed by atoms with E-state index in [1.807, 2.05) is 0 Å². The van der Waals surface area contributed by atoms with Crippen LogP contribution in [0.1, 0.15) is 52.9 Å². The molecule has 0 bridgehead atoms. The van der Waals surface area contributed by atoms with Gasteiger partial charge in [-0.3, -0.25) is 0 Å². The Hall–Kier alpha value is -0.390. The highest BCUT2D eigenvalue weighted by Crippen LogP contribution is 2.41. The van der Waals surface area contributed by atoms with E-state index in [0.29, 0.717) is 17.9 Å². The van der Waals surface area contributed by atoms with Crippen LogP contribution >= 0.6 is 0 Å². The average Bonchev–Trinajstić information content (AvgIpc) is 2.82. The molecule has 22 heavy (non-hydrogen) atoms. The number of rotatable bonds is 6. The second-order valence-electron chi connectivity index (χ2n) is 7.82. The van der Waals surface area contributed by atoms with Crippen molar-refractivity contribution in [2.24, 2.45) is 11.3 Å². The molecule has 0 saturated carbocycles. The van der Waals surface area contributed by atoms with Crippen molar-refractivity contribution >= 4 is 10.0 Å². The molecule has 0 aromatic carbocycles. The Labute approximate surface area is 136 Å². The number of nitrogens with zero attached hydrogens (tertiary/aromatic N) is 1. The number of likely N-dealkylation sites (tertiary alicyclic amines) is 1. The van der Waals surface area contributed by atoms with E-state index >= 15 is 0 Å². The van der Waals surface area contributed by atoms with Crippen LogP contribution in [0.3, 0.4) is 0 Å². The van der Waals surface area contributed by atoms with Crippen LogP contribution < -0.4 is 4.72 Å². The van der Waals surface area contributed by atoms with Crippen LogP contribution in [0.2, 0.25) is 0 Å². The molecule has 0 aromatic rings. The summed E-state index contributed by atoms with van der Waals surface area (Å²) in [6, 6.07) is 0. The first-order chi connectivity index (χ1) is 10.2. The van der Waals surface area contributed by atoms with E-state index in [1.165, 1.54) is 31.9 Å². The molecule has 2 rings (SSSR count). The van der Waals surface area contributed by atoms with Gasteiger partial charge in [0, 0.05) is 19.6 Å². The Morgan fingerprint density at radius 1 is 1.36 bits per heavy atom. The smallest absolute Gasteiger partial charge is 0.208 e. The zero-order valence-corrected chi connectivity index (χ0v) is 15.4. The maximum atomic E-state index is 11.2. The van der Waals surface area contributed by atoms with Crippen LogP contribution in [0.4, 0.5) is 0 Å². The number of allylic oxidation sites excluding steroid dienone is 1. The van der Waals surface area contributed by atoms with Crippen LogP contribution in [0, 0.1) is 11.3 Å². The van der Waals surface area contributed by atoms with Crippen LogP contribution in [-0.2, 0) is 10.0 Å². The van der Waals surface area contributed by atoms with Crippen molar-refractivity contribution in [2.75, 3.05) is 32.4 Å². The van der Waals surface area contributed by atoms with Crippen molar-refractivity contribution in [3.8, 4) is 0 Å². The minimum absolute atomic E-state index is 0.360. The van der Waals surface area contributed by atoms with E-state index in [9.17, 15) is 8.42 Å². The molecule has 1 aliphatic heterocycles. The Kier molecular flexibility index (Phi) is 5.73. The Morgan fingerprint density at radius 2 is 2.09 bits per heavy atom. The molecule has 1 saturated heterocycles. The summed E-state index contributed by atoms with van der Waals surface area (Å²) >= 11 is 0. The van der Waals surface area contributed by atoms with E-state index in [2.05, 4.69) is 30.4 Å². The van der Waals surface area contributed by atoms with Crippen molar-refractivity contribution < 1.29 is 8.42 Å². The summed E-state index contributed by atoms with van der Waals surface area (Å²) in [4.78, 5) is 2.50. The van der Waals surface area contributed by atoms with Gasteiger partial charge >= 0.3 is 0 Å². The highest BCUT2D eigenvalue weighted by molar-refractivity contribution is 7.88. The third-order valence-corrected chi connectivity index (χ3v) is 6.06. The first-order valence-electron chi connectivity index (χ1n) is 8.53. The molecule has 0 radical (unpaired) electrons. The van der Waals surface area contributed by atoms with Gasteiger partial charge in [0.2, 0.25) is 10.0 Å². The predicted molar refractivity (Wildman–Crippen MR) is 92.3 cm³/mol. The second kappa shape index (κ2) is 7.02. The van der Waals surface area contributed by atoms with Crippen molar-refractivity contribution in [3.63, 3.8) is 0 Å². The van der Waals surface area contributed by atoms with Crippen molar-refractivity contribution in [1.29, 1.82) is 0 Å². The molecule has 0 spiro atoms. The fourth-order valence-electron chi connectivity index (χ4n) is 4.05. The maximum Gasteiger partial charge on any atom is 0.208 e. The Morgan fingerprint density at radius 3 is 2.73 bits per heavy atom. The zero-order valence-electron chi connectivity index (χ0n) is 14.6. The summed E-state index contributed by atoms with van der Waals surface area (Å²) in [5, 5.41) is 0. The van der Waals surface area contributed by atoms with Crippen LogP contribution in [0.5, 0.6) is 0 Å². The summed E-state index contributed by atoms with van der Waals surface area (Å²) in [7, 11) is -3.06. The third kappa shape index (κ3) is 5.07. The van der Waals surface area contributed by atoms with Gasteiger partial charge < -0.3 is 4.90 Å². The monoisotopic (exact) mass is 328 g/mol. The van der Waals surface area contributed by atoms with Gasteiger partial charge in [0.25, 0.3) is 0 Å². The quantitative estimate of drug-likeness (QED) is 0.763. The number of sulfonamides is 1. The SMILES string of the molecule is CC1=C(CCN2CC[C@H](CNS(C)(=O)=O)C2)C(C)(C)CCC1. The highest BCUT2D eigenvalue weighted by atomic mass is 32.2. The van der Waals surface area contributed by atoms with E-state index in [1.54, 1.807) is 11.1 Å². The van der Waals surface area contributed by atoms with E-state index in [-0.39, 0.29) is 0 Å². The number of nitrogens with one attached hydrogen (secondary N) is 1. The first-order valence-corrected chi connectivity index (χ1v) is 10.4. The van der Waals surface area contributed by atoms with Crippen LogP contribution in [0.15, 0.2) is 11.1 Å². The molecular weight excluding hydrogens is 296 g/mol. The van der Waals surface area contributed by atoms with Crippen molar-refractivity contribution in [2.45, 2.75) is 52.9 Å². The summed E-state index contributed by atoms with van der Waals surface area (Å²) in [5.74, 6) is 0.462. The normalized spacial score (nSPS) is 26.6. The lowest BCUT2D eigenvalue weighted by Gasteiger charge is -2.35. The molecular formula is C17H32N2O2S. The van der Waals surface area contributed by atoms with Crippen LogP contribution in [0.25, 0.3) is 0 Å². The number of hydrogen-bond donors (Lipinski definition) is 1. The van der Waals surface area contributed by atoms with Crippen molar-refractivity contribution in [3.05, 3.63) is 11.1 Å². The van der Waals surface area contributed by atoms with Gasteiger partial charge in [-0.15, -0.1) is 0 Å². The van der Waals surface area contributed by atoms with Crippen LogP contribution in [-0.4, -0.2) is 45.8 Å². The molecule has 1 fully saturated rings. The van der Waals surface area contributed by atoms with Gasteiger partial charge in [0.1, 0.15) is 0 Å². The minimum atomic E-state index is -3.06. The predicted octanol–water partition coefficient (Wildman–Crippen LogP) is 2.77. The minimum Gasteiger partial charge on any atom is -0.303 e. The topological polar surface area (TPSA) is 49.4 Å². The fraction of sp³-hybridized carbons (Fsp3) is 0.882. The van der Waals surface area contributed by atoms with Gasteiger partial charge in [-0.25, -0.2) is 13.1 Å². The second-order valence-corrected chi connectivity index (χ2v) is 9.66. The Bertz CT molecular complexity index is 523. The van der Waals surface area contributed by atoms with E-state index in [4.69, 9.17) is 0 Å². The molecule has 1 N–H and O–H groups in total. The standard InChI is InChI=1S/C17H32N2O2S/c1-14-6-5-9-17(2,3)16(14)8-11-19-10-7-15(13-19)12-18-22(4,20)21/h15,18H,5-13H2,1-4H3/t15-/m1/s1. The average molecular weight is 329 g/mol. The van der Waals surface area contributed by atoms with Gasteiger partial charge in [0.15, 0.2) is 0 Å². The maximum absolute atomic E-state index is 11.2. The molecule has 5 heteroatoms. The van der Waals surface area contributed by atoms with Gasteiger partial charge in [-0.2, -0.15) is 0 Å². The lowest BCUT2D eigenvalue weighted by atomic mass is 9.71. The highest BCUT2D eigenvalue weighted by Gasteiger charge is 2.29. The van der Waals surface area contributed by atoms with Gasteiger partial charge in [-0.1, -0.05) is 25.0 Å². The molecule has 0 amide bonds. The molecule has 1 atom stereocenters. The summed E-state index contributed by atoms with van der Waals surface area (Å²) < 4.78 is 25.0. The lowest BCUT2D eigenvalue weighted by Crippen LogP contribution is -2.31. The molecule has 0 aromatic heterocycles. The largest absolute Gasteiger partial charge is 0.303 e. The third-order valence-electron chi connectivity index (χ3n) is 5.37. The van der Waals surface area contributed by atoms with Gasteiger partial charge in [0.05, 0.1) is 6.26 Å². The molecule has 1 heterocycles. The Balaban J connectivity index is 1.81. The number of hydrogen-bond acceptors (Lipinski definition) is 3. The lowest BCUT2D eigenvalue weighted by molar-refractivity contribution is 0.298. The van der Waals surface area contributed by atoms with Crippen molar-refractivity contribution in [1.82, 2.24) is 9.62 Å². The first kappa shape index (κ1) is 18.0. The molecule has 128 valence electrons. The van der Waals surface area contributed by atoms with E-state index < -0.39 is 10.0 Å². The molecule has 1 aliphatic carbocycles. The summed E-state index contributed by atoms with van der Waals surface area (Å²) in [6.45, 7) is 10.9. The molecule has 2 aliphatic rings. The fourth-order valence-corrected chi connectivity index (χ4v) is 4.59. The molecule has 0 unspecified atom stereocenters. The summed E-state index contributed by atoms with van der Waals surface area (Å²) in [5.41, 5.74) is 3.63. The molecule has 4 nitrogen and oxygen atoms in total. The van der Waals surface area contributed by atoms with E-state index in [0.717, 1.165) is 26.1 Å².